The van der Waals surface area contributed by atoms with Crippen LogP contribution in [0.5, 0.6) is 0 Å². The summed E-state index contributed by atoms with van der Waals surface area (Å²) in [5.74, 6) is 2.08. The van der Waals surface area contributed by atoms with E-state index in [9.17, 15) is 0 Å². The first-order valence-electron chi connectivity index (χ1n) is 5.87. The van der Waals surface area contributed by atoms with Crippen molar-refractivity contribution in [2.45, 2.75) is 58.6 Å². The maximum absolute atomic E-state index is 4.04. The maximum Gasteiger partial charge on any atom is 0.0129 e. The fourth-order valence-electron chi connectivity index (χ4n) is 1.60. The lowest BCUT2D eigenvalue weighted by Gasteiger charge is -2.36. The zero-order chi connectivity index (χ0) is 11.2. The molecule has 1 fully saturated rings. The van der Waals surface area contributed by atoms with E-state index < -0.39 is 0 Å². The van der Waals surface area contributed by atoms with Crippen molar-refractivity contribution in [2.75, 3.05) is 5.75 Å². The summed E-state index contributed by atoms with van der Waals surface area (Å²) >= 11 is 2.14. The van der Waals surface area contributed by atoms with Crippen molar-refractivity contribution in [3.8, 4) is 0 Å². The van der Waals surface area contributed by atoms with Gasteiger partial charge in [0, 0.05) is 10.5 Å². The zero-order valence-electron chi connectivity index (χ0n) is 10.5. The predicted molar refractivity (Wildman–Crippen MR) is 70.0 cm³/mol. The minimum Gasteiger partial charge on any atom is -0.155 e. The summed E-state index contributed by atoms with van der Waals surface area (Å²) in [5.41, 5.74) is 1.38. The highest BCUT2D eigenvalue weighted by Crippen LogP contribution is 2.42. The van der Waals surface area contributed by atoms with Crippen LogP contribution in [0.4, 0.5) is 0 Å². The van der Waals surface area contributed by atoms with E-state index in [-0.39, 0.29) is 0 Å². The number of hydrogen-bond acceptors (Lipinski definition) is 1. The summed E-state index contributed by atoms with van der Waals surface area (Å²) < 4.78 is 0.561. The van der Waals surface area contributed by atoms with Crippen molar-refractivity contribution in [3.63, 3.8) is 0 Å². The Morgan fingerprint density at radius 1 is 1.50 bits per heavy atom. The molecule has 2 unspecified atom stereocenters. The average Bonchev–Trinajstić information content (AvgIpc) is 2.21. The lowest BCUT2D eigenvalue weighted by molar-refractivity contribution is 0.466. The molecule has 1 rings (SSSR count). The highest BCUT2D eigenvalue weighted by molar-refractivity contribution is 8.00. The van der Waals surface area contributed by atoms with E-state index >= 15 is 0 Å². The highest BCUT2D eigenvalue weighted by atomic mass is 32.2. The third-order valence-corrected chi connectivity index (χ3v) is 4.86. The van der Waals surface area contributed by atoms with Crippen molar-refractivity contribution in [3.05, 3.63) is 12.2 Å². The van der Waals surface area contributed by atoms with E-state index in [1.54, 1.807) is 0 Å². The van der Waals surface area contributed by atoms with Gasteiger partial charge in [-0.25, -0.2) is 0 Å². The van der Waals surface area contributed by atoms with Gasteiger partial charge in [-0.05, 0) is 32.1 Å². The molecule has 1 saturated heterocycles. The normalized spacial score (nSPS) is 31.6. The van der Waals surface area contributed by atoms with Gasteiger partial charge >= 0.3 is 0 Å². The molecule has 0 aromatic heterocycles. The molecule has 0 aliphatic carbocycles. The molecule has 1 heteroatoms. The Hall–Kier alpha value is 0.0900. The van der Waals surface area contributed by atoms with Crippen LogP contribution in [0, 0.1) is 5.92 Å². The van der Waals surface area contributed by atoms with Gasteiger partial charge in [-0.3, -0.25) is 0 Å². The first-order valence-corrected chi connectivity index (χ1v) is 6.85. The molecular weight excluding hydrogens is 188 g/mol. The summed E-state index contributed by atoms with van der Waals surface area (Å²) in [6.45, 7) is 14.9. The summed E-state index contributed by atoms with van der Waals surface area (Å²) in [6, 6.07) is 0. The molecule has 84 valence electrons. The maximum atomic E-state index is 4.04. The van der Waals surface area contributed by atoms with E-state index in [0.717, 1.165) is 5.92 Å². The Morgan fingerprint density at radius 3 is 2.36 bits per heavy atom. The summed E-state index contributed by atoms with van der Waals surface area (Å²) in [6.07, 6.45) is 4.03. The molecule has 0 N–H and O–H groups in total. The second-order valence-corrected chi connectivity index (χ2v) is 5.80. The Labute approximate surface area is 94.6 Å². The van der Waals surface area contributed by atoms with Crippen molar-refractivity contribution >= 4 is 11.8 Å². The number of thioether (sulfide) groups is 1. The van der Waals surface area contributed by atoms with Gasteiger partial charge in [-0.2, -0.15) is 11.8 Å². The molecule has 0 amide bonds. The van der Waals surface area contributed by atoms with Crippen LogP contribution in [0.25, 0.3) is 0 Å². The summed E-state index contributed by atoms with van der Waals surface area (Å²) in [4.78, 5) is 0. The molecule has 0 bridgehead atoms. The molecule has 1 aliphatic heterocycles. The molecule has 0 saturated carbocycles. The van der Waals surface area contributed by atoms with Gasteiger partial charge < -0.3 is 0 Å². The lowest BCUT2D eigenvalue weighted by atomic mass is 9.91. The van der Waals surface area contributed by atoms with Gasteiger partial charge in [-0.15, -0.1) is 0 Å². The Morgan fingerprint density at radius 2 is 2.07 bits per heavy atom. The Bertz CT molecular complexity index is 164. The summed E-state index contributed by atoms with van der Waals surface area (Å²) in [5, 5.41) is 0. The standard InChI is InChI=1S/C11H20S.C2H6/c1-5-11(4)7-6-10(8-12-11)9(2)3;1-2/h10H,2,5-8H2,1,3-4H3;1-2H3. The van der Waals surface area contributed by atoms with Crippen molar-refractivity contribution in [2.24, 2.45) is 5.92 Å². The highest BCUT2D eigenvalue weighted by Gasteiger charge is 2.29. The van der Waals surface area contributed by atoms with Gasteiger partial charge in [0.25, 0.3) is 0 Å². The van der Waals surface area contributed by atoms with Crippen LogP contribution in [0.3, 0.4) is 0 Å². The molecule has 0 radical (unpaired) electrons. The monoisotopic (exact) mass is 214 g/mol. The molecule has 0 nitrogen and oxygen atoms in total. The van der Waals surface area contributed by atoms with Crippen LogP contribution < -0.4 is 0 Å². The van der Waals surface area contributed by atoms with E-state index in [0.29, 0.717) is 4.75 Å². The largest absolute Gasteiger partial charge is 0.155 e. The second kappa shape index (κ2) is 6.55. The molecule has 0 aromatic rings. The van der Waals surface area contributed by atoms with Gasteiger partial charge in [0.2, 0.25) is 0 Å². The Kier molecular flexibility index (Phi) is 6.59. The smallest absolute Gasteiger partial charge is 0.0129 e. The SMILES string of the molecule is C=C(C)C1CCC(C)(CC)SC1.CC. The quantitative estimate of drug-likeness (QED) is 0.589. The minimum atomic E-state index is 0.561. The van der Waals surface area contributed by atoms with E-state index in [1.807, 2.05) is 13.8 Å². The van der Waals surface area contributed by atoms with Gasteiger partial charge in [0.1, 0.15) is 0 Å². The zero-order valence-corrected chi connectivity index (χ0v) is 11.3. The van der Waals surface area contributed by atoms with E-state index in [2.05, 4.69) is 39.1 Å². The third kappa shape index (κ3) is 4.08. The molecule has 0 aromatic carbocycles. The molecule has 14 heavy (non-hydrogen) atoms. The predicted octanol–water partition coefficient (Wildman–Crippen LogP) is 4.90. The van der Waals surface area contributed by atoms with Crippen LogP contribution in [0.15, 0.2) is 12.2 Å². The average molecular weight is 214 g/mol. The molecule has 1 aliphatic rings. The van der Waals surface area contributed by atoms with E-state index in [1.165, 1.54) is 30.6 Å². The molecule has 2 atom stereocenters. The first-order chi connectivity index (χ1) is 6.57. The third-order valence-electron chi connectivity index (χ3n) is 3.10. The van der Waals surface area contributed by atoms with Crippen LogP contribution in [-0.2, 0) is 0 Å². The summed E-state index contributed by atoms with van der Waals surface area (Å²) in [7, 11) is 0. The minimum absolute atomic E-state index is 0.561. The van der Waals surface area contributed by atoms with Gasteiger partial charge in [-0.1, -0.05) is 39.8 Å². The Balaban J connectivity index is 0.000000791. The van der Waals surface area contributed by atoms with Crippen LogP contribution in [-0.4, -0.2) is 10.5 Å². The fraction of sp³-hybridized carbons (Fsp3) is 0.846. The number of rotatable bonds is 2. The van der Waals surface area contributed by atoms with Crippen LogP contribution in [0.1, 0.15) is 53.9 Å². The number of hydrogen-bond donors (Lipinski definition) is 0. The van der Waals surface area contributed by atoms with Crippen molar-refractivity contribution in [1.82, 2.24) is 0 Å². The lowest BCUT2D eigenvalue weighted by Crippen LogP contribution is -2.27. The first kappa shape index (κ1) is 14.1. The second-order valence-electron chi connectivity index (χ2n) is 4.20. The molecular formula is C13H26S. The van der Waals surface area contributed by atoms with E-state index in [4.69, 9.17) is 0 Å². The molecule has 0 spiro atoms. The van der Waals surface area contributed by atoms with Crippen LogP contribution in [0.2, 0.25) is 0 Å². The van der Waals surface area contributed by atoms with Gasteiger partial charge in [0.05, 0.1) is 0 Å². The van der Waals surface area contributed by atoms with Gasteiger partial charge in [0.15, 0.2) is 0 Å². The molecule has 1 heterocycles. The van der Waals surface area contributed by atoms with Crippen LogP contribution >= 0.6 is 11.8 Å². The van der Waals surface area contributed by atoms with Crippen molar-refractivity contribution < 1.29 is 0 Å². The number of allylic oxidation sites excluding steroid dienone is 1. The fourth-order valence-corrected chi connectivity index (χ4v) is 3.13. The van der Waals surface area contributed by atoms with Crippen molar-refractivity contribution in [1.29, 1.82) is 0 Å². The topological polar surface area (TPSA) is 0 Å².